The van der Waals surface area contributed by atoms with E-state index < -0.39 is 10.0 Å². The van der Waals surface area contributed by atoms with Gasteiger partial charge in [-0.2, -0.15) is 17.6 Å². The second-order valence-corrected chi connectivity index (χ2v) is 11.2. The summed E-state index contributed by atoms with van der Waals surface area (Å²) in [5.41, 5.74) is 4.37. The summed E-state index contributed by atoms with van der Waals surface area (Å²) in [5.74, 6) is -0.0914. The lowest BCUT2D eigenvalue weighted by Gasteiger charge is -2.14. The SMILES string of the molecule is Cc1ccc(S(=O)(=O)n2ncc3cc4c(cc32)c(I)c(C(C)C)n4-c2ccc(F)cc2)cc1. The van der Waals surface area contributed by atoms with Gasteiger partial charge in [0, 0.05) is 25.7 Å². The smallest absolute Gasteiger partial charge is 0.283 e. The second-order valence-electron chi connectivity index (χ2n) is 8.40. The Labute approximate surface area is 205 Å². The van der Waals surface area contributed by atoms with Crippen LogP contribution in [-0.2, 0) is 10.0 Å². The van der Waals surface area contributed by atoms with Crippen molar-refractivity contribution in [1.29, 1.82) is 0 Å². The minimum Gasteiger partial charge on any atom is -0.312 e. The quantitative estimate of drug-likeness (QED) is 0.234. The molecular formula is C25H21FIN3O2S. The maximum Gasteiger partial charge on any atom is 0.283 e. The van der Waals surface area contributed by atoms with Crippen molar-refractivity contribution in [1.82, 2.24) is 13.8 Å². The van der Waals surface area contributed by atoms with Crippen LogP contribution in [0.5, 0.6) is 0 Å². The van der Waals surface area contributed by atoms with Crippen molar-refractivity contribution >= 4 is 54.4 Å². The first-order chi connectivity index (χ1) is 15.7. The van der Waals surface area contributed by atoms with Crippen molar-refractivity contribution in [3.8, 4) is 5.69 Å². The van der Waals surface area contributed by atoms with E-state index in [0.717, 1.165) is 35.5 Å². The molecule has 168 valence electrons. The summed E-state index contributed by atoms with van der Waals surface area (Å²) in [6.07, 6.45) is 1.57. The predicted molar refractivity (Wildman–Crippen MR) is 137 cm³/mol. The van der Waals surface area contributed by atoms with Crippen LogP contribution in [0.3, 0.4) is 0 Å². The van der Waals surface area contributed by atoms with Crippen LogP contribution in [0.4, 0.5) is 4.39 Å². The lowest BCUT2D eigenvalue weighted by atomic mass is 10.1. The molecule has 0 spiro atoms. The minimum atomic E-state index is -3.84. The molecule has 0 saturated carbocycles. The Morgan fingerprint density at radius 1 is 0.970 bits per heavy atom. The van der Waals surface area contributed by atoms with Gasteiger partial charge in [-0.3, -0.25) is 0 Å². The fraction of sp³-hybridized carbons (Fsp3) is 0.160. The van der Waals surface area contributed by atoms with Crippen LogP contribution in [-0.4, -0.2) is 22.2 Å². The van der Waals surface area contributed by atoms with E-state index in [1.54, 1.807) is 42.6 Å². The summed E-state index contributed by atoms with van der Waals surface area (Å²) >= 11 is 2.31. The van der Waals surface area contributed by atoms with Crippen molar-refractivity contribution in [3.63, 3.8) is 0 Å². The number of aryl methyl sites for hydroxylation is 1. The topological polar surface area (TPSA) is 56.9 Å². The van der Waals surface area contributed by atoms with Crippen LogP contribution in [0.25, 0.3) is 27.5 Å². The molecule has 3 aromatic carbocycles. The molecule has 0 bridgehead atoms. The standard InChI is InChI=1S/C25H21FIN3O2S/c1-15(2)25-24(27)21-13-22-17(12-23(21)29(25)19-8-6-18(26)7-9-19)14-28-30(22)33(31,32)20-10-4-16(3)5-11-20/h4-15H,1-3H3. The highest BCUT2D eigenvalue weighted by atomic mass is 127. The van der Waals surface area contributed by atoms with Gasteiger partial charge >= 0.3 is 0 Å². The summed E-state index contributed by atoms with van der Waals surface area (Å²) in [4.78, 5) is 0.194. The maximum atomic E-state index is 13.6. The van der Waals surface area contributed by atoms with Crippen molar-refractivity contribution in [2.75, 3.05) is 0 Å². The van der Waals surface area contributed by atoms with Gasteiger partial charge in [-0.25, -0.2) is 4.39 Å². The van der Waals surface area contributed by atoms with Crippen molar-refractivity contribution < 1.29 is 12.8 Å². The molecule has 2 heterocycles. The number of benzene rings is 3. The number of halogens is 2. The highest BCUT2D eigenvalue weighted by Crippen LogP contribution is 2.37. The Kier molecular flexibility index (Phi) is 5.32. The molecule has 0 unspecified atom stereocenters. The van der Waals surface area contributed by atoms with E-state index in [4.69, 9.17) is 0 Å². The van der Waals surface area contributed by atoms with E-state index in [9.17, 15) is 12.8 Å². The third-order valence-corrected chi connectivity index (χ3v) is 8.52. The number of aromatic nitrogens is 3. The van der Waals surface area contributed by atoms with Crippen molar-refractivity contribution in [2.45, 2.75) is 31.6 Å². The summed E-state index contributed by atoms with van der Waals surface area (Å²) in [5, 5.41) is 5.88. The maximum absolute atomic E-state index is 13.6. The molecule has 0 radical (unpaired) electrons. The molecule has 0 amide bonds. The average molecular weight is 573 g/mol. The monoisotopic (exact) mass is 573 g/mol. The average Bonchev–Trinajstić information content (AvgIpc) is 3.32. The molecule has 0 atom stereocenters. The van der Waals surface area contributed by atoms with Gasteiger partial charge in [-0.1, -0.05) is 31.5 Å². The molecule has 0 fully saturated rings. The Bertz CT molecular complexity index is 1620. The van der Waals surface area contributed by atoms with E-state index in [0.29, 0.717) is 10.9 Å². The lowest BCUT2D eigenvalue weighted by Crippen LogP contribution is -2.14. The normalized spacial score (nSPS) is 12.3. The third kappa shape index (κ3) is 3.56. The summed E-state index contributed by atoms with van der Waals surface area (Å²) < 4.78 is 44.5. The molecule has 0 aliphatic heterocycles. The molecule has 33 heavy (non-hydrogen) atoms. The van der Waals surface area contributed by atoms with E-state index in [1.807, 2.05) is 19.1 Å². The highest BCUT2D eigenvalue weighted by molar-refractivity contribution is 14.1. The molecule has 5 rings (SSSR count). The molecule has 5 aromatic rings. The van der Waals surface area contributed by atoms with E-state index in [2.05, 4.69) is 46.1 Å². The van der Waals surface area contributed by atoms with Crippen LogP contribution in [0, 0.1) is 16.3 Å². The Balaban J connectivity index is 1.79. The summed E-state index contributed by atoms with van der Waals surface area (Å²) in [6, 6.07) is 17.0. The fourth-order valence-electron chi connectivity index (χ4n) is 4.15. The van der Waals surface area contributed by atoms with Crippen molar-refractivity contribution in [3.05, 3.63) is 87.5 Å². The highest BCUT2D eigenvalue weighted by Gasteiger charge is 2.24. The number of fused-ring (bicyclic) bond motifs is 2. The molecule has 0 aliphatic carbocycles. The summed E-state index contributed by atoms with van der Waals surface area (Å²) in [6.45, 7) is 6.13. The van der Waals surface area contributed by atoms with Crippen LogP contribution in [0.15, 0.2) is 71.8 Å². The summed E-state index contributed by atoms with van der Waals surface area (Å²) in [7, 11) is -3.84. The van der Waals surface area contributed by atoms with Gasteiger partial charge < -0.3 is 4.57 Å². The van der Waals surface area contributed by atoms with Crippen molar-refractivity contribution in [2.24, 2.45) is 0 Å². The lowest BCUT2D eigenvalue weighted by molar-refractivity contribution is 0.582. The van der Waals surface area contributed by atoms with Gasteiger partial charge in [0.05, 0.1) is 22.1 Å². The van der Waals surface area contributed by atoms with Crippen LogP contribution >= 0.6 is 22.6 Å². The van der Waals surface area contributed by atoms with Gasteiger partial charge in [0.2, 0.25) is 0 Å². The molecule has 8 heteroatoms. The molecule has 0 aliphatic rings. The zero-order chi connectivity index (χ0) is 23.5. The first kappa shape index (κ1) is 22.1. The first-order valence-electron chi connectivity index (χ1n) is 10.5. The van der Waals surface area contributed by atoms with E-state index >= 15 is 0 Å². The Morgan fingerprint density at radius 2 is 1.64 bits per heavy atom. The van der Waals surface area contributed by atoms with E-state index in [-0.39, 0.29) is 16.6 Å². The third-order valence-electron chi connectivity index (χ3n) is 5.77. The van der Waals surface area contributed by atoms with Crippen LogP contribution < -0.4 is 0 Å². The Morgan fingerprint density at radius 3 is 2.27 bits per heavy atom. The molecular weight excluding hydrogens is 552 g/mol. The molecule has 2 aromatic heterocycles. The van der Waals surface area contributed by atoms with Gasteiger partial charge in [-0.05, 0) is 84.0 Å². The first-order valence-corrected chi connectivity index (χ1v) is 13.0. The molecule has 0 saturated heterocycles. The van der Waals surface area contributed by atoms with Crippen LogP contribution in [0.1, 0.15) is 31.0 Å². The zero-order valence-electron chi connectivity index (χ0n) is 18.3. The van der Waals surface area contributed by atoms with Gasteiger partial charge in [0.25, 0.3) is 10.0 Å². The fourth-order valence-corrected chi connectivity index (χ4v) is 6.71. The minimum absolute atomic E-state index is 0.194. The number of rotatable bonds is 4. The van der Waals surface area contributed by atoms with Gasteiger partial charge in [0.15, 0.2) is 0 Å². The Hall–Kier alpha value is -2.72. The van der Waals surface area contributed by atoms with Crippen LogP contribution in [0.2, 0.25) is 0 Å². The number of nitrogens with zero attached hydrogens (tertiary/aromatic N) is 3. The van der Waals surface area contributed by atoms with Gasteiger partial charge in [-0.15, -0.1) is 0 Å². The molecule has 0 N–H and O–H groups in total. The second kappa shape index (κ2) is 7.95. The number of hydrogen-bond donors (Lipinski definition) is 0. The van der Waals surface area contributed by atoms with E-state index in [1.165, 1.54) is 12.1 Å². The zero-order valence-corrected chi connectivity index (χ0v) is 21.2. The number of hydrogen-bond acceptors (Lipinski definition) is 3. The van der Waals surface area contributed by atoms with Gasteiger partial charge in [0.1, 0.15) is 5.82 Å². The predicted octanol–water partition coefficient (Wildman–Crippen LogP) is 6.39. The largest absolute Gasteiger partial charge is 0.312 e. The molecule has 5 nitrogen and oxygen atoms in total.